The third kappa shape index (κ3) is 4.52. The number of rotatable bonds is 5. The van der Waals surface area contributed by atoms with Crippen LogP contribution < -0.4 is 10.6 Å². The Bertz CT molecular complexity index is 892. The van der Waals surface area contributed by atoms with Crippen LogP contribution in [0.25, 0.3) is 0 Å². The minimum atomic E-state index is -3.10. The molecule has 2 atom stereocenters. The van der Waals surface area contributed by atoms with Gasteiger partial charge >= 0.3 is 0 Å². The van der Waals surface area contributed by atoms with Gasteiger partial charge in [0.2, 0.25) is 17.7 Å². The van der Waals surface area contributed by atoms with Crippen molar-refractivity contribution in [2.45, 2.75) is 32.7 Å². The molecular formula is C19H25N3O5S. The molecule has 2 aliphatic heterocycles. The van der Waals surface area contributed by atoms with E-state index in [1.54, 1.807) is 0 Å². The van der Waals surface area contributed by atoms with Gasteiger partial charge in [-0.15, -0.1) is 0 Å². The first kappa shape index (κ1) is 20.3. The maximum Gasteiger partial charge on any atom is 0.243 e. The van der Waals surface area contributed by atoms with Crippen LogP contribution in [-0.2, 0) is 24.2 Å². The van der Waals surface area contributed by atoms with Gasteiger partial charge in [-0.2, -0.15) is 0 Å². The predicted octanol–water partition coefficient (Wildman–Crippen LogP) is 0.394. The second-order valence-electron chi connectivity index (χ2n) is 7.54. The molecule has 9 heteroatoms. The molecule has 2 saturated heterocycles. The third-order valence-corrected chi connectivity index (χ3v) is 7.10. The Morgan fingerprint density at radius 2 is 1.89 bits per heavy atom. The summed E-state index contributed by atoms with van der Waals surface area (Å²) < 4.78 is 23.3. The smallest absolute Gasteiger partial charge is 0.243 e. The molecule has 0 aromatic heterocycles. The molecule has 0 bridgehead atoms. The average molecular weight is 407 g/mol. The molecule has 0 spiro atoms. The predicted molar refractivity (Wildman–Crippen MR) is 104 cm³/mol. The number of likely N-dealkylation sites (tertiary alicyclic amines) is 1. The number of amides is 3. The van der Waals surface area contributed by atoms with Crippen molar-refractivity contribution < 1.29 is 22.8 Å². The Morgan fingerprint density at radius 1 is 1.21 bits per heavy atom. The summed E-state index contributed by atoms with van der Waals surface area (Å²) in [5.74, 6) is -1.43. The van der Waals surface area contributed by atoms with E-state index >= 15 is 0 Å². The Labute approximate surface area is 164 Å². The standard InChI is InChI=1S/C19H25N3O5S/c1-12-4-3-5-13(2)18(12)21-16(23)9-20-19(25)14-8-17(24)22(10-14)15-6-7-28(26,27)11-15/h3-5,14-15H,6-11H2,1-2H3,(H,20,25)(H,21,23)/t14-,15+/m0/s1. The molecule has 0 saturated carbocycles. The van der Waals surface area contributed by atoms with Crippen molar-refractivity contribution in [2.24, 2.45) is 5.92 Å². The van der Waals surface area contributed by atoms with Gasteiger partial charge in [0.05, 0.1) is 24.0 Å². The zero-order valence-corrected chi connectivity index (χ0v) is 16.8. The normalized spacial score (nSPS) is 23.6. The molecule has 152 valence electrons. The van der Waals surface area contributed by atoms with Crippen molar-refractivity contribution in [1.29, 1.82) is 0 Å². The van der Waals surface area contributed by atoms with Crippen molar-refractivity contribution in [1.82, 2.24) is 10.2 Å². The number of hydrogen-bond donors (Lipinski definition) is 2. The molecule has 8 nitrogen and oxygen atoms in total. The van der Waals surface area contributed by atoms with E-state index in [0.29, 0.717) is 6.42 Å². The van der Waals surface area contributed by atoms with Crippen LogP contribution in [0.5, 0.6) is 0 Å². The maximum absolute atomic E-state index is 12.4. The van der Waals surface area contributed by atoms with Crippen molar-refractivity contribution in [2.75, 3.05) is 29.9 Å². The molecule has 2 aliphatic rings. The highest BCUT2D eigenvalue weighted by molar-refractivity contribution is 7.91. The van der Waals surface area contributed by atoms with Crippen LogP contribution >= 0.6 is 0 Å². The fourth-order valence-electron chi connectivity index (χ4n) is 3.79. The lowest BCUT2D eigenvalue weighted by Crippen LogP contribution is -2.40. The second-order valence-corrected chi connectivity index (χ2v) is 9.77. The molecule has 1 aromatic rings. The topological polar surface area (TPSA) is 113 Å². The van der Waals surface area contributed by atoms with Gasteiger partial charge in [0.15, 0.2) is 9.84 Å². The molecule has 2 heterocycles. The van der Waals surface area contributed by atoms with Crippen molar-refractivity contribution in [3.05, 3.63) is 29.3 Å². The SMILES string of the molecule is Cc1cccc(C)c1NC(=O)CNC(=O)[C@H]1CC(=O)N([C@@H]2CCS(=O)(=O)C2)C1. The zero-order chi connectivity index (χ0) is 20.5. The Balaban J connectivity index is 1.51. The number of aryl methyl sites for hydroxylation is 2. The van der Waals surface area contributed by atoms with Crippen LogP contribution in [0, 0.1) is 19.8 Å². The van der Waals surface area contributed by atoms with Gasteiger partial charge in [-0.05, 0) is 31.4 Å². The van der Waals surface area contributed by atoms with E-state index in [4.69, 9.17) is 0 Å². The van der Waals surface area contributed by atoms with Gasteiger partial charge in [-0.1, -0.05) is 18.2 Å². The number of para-hydroxylation sites is 1. The van der Waals surface area contributed by atoms with E-state index in [-0.39, 0.29) is 54.8 Å². The molecule has 3 rings (SSSR count). The third-order valence-electron chi connectivity index (χ3n) is 5.35. The monoisotopic (exact) mass is 407 g/mol. The molecule has 28 heavy (non-hydrogen) atoms. The molecular weight excluding hydrogens is 382 g/mol. The fourth-order valence-corrected chi connectivity index (χ4v) is 5.52. The van der Waals surface area contributed by atoms with Crippen molar-refractivity contribution in [3.63, 3.8) is 0 Å². The molecule has 0 aliphatic carbocycles. The van der Waals surface area contributed by atoms with Gasteiger partial charge in [-0.25, -0.2) is 8.42 Å². The van der Waals surface area contributed by atoms with Crippen LogP contribution in [0.2, 0.25) is 0 Å². The van der Waals surface area contributed by atoms with Gasteiger partial charge in [0.1, 0.15) is 0 Å². The molecule has 0 radical (unpaired) electrons. The van der Waals surface area contributed by atoms with Gasteiger partial charge < -0.3 is 15.5 Å². The number of carbonyl (C=O) groups excluding carboxylic acids is 3. The summed E-state index contributed by atoms with van der Waals surface area (Å²) in [5.41, 5.74) is 2.60. The van der Waals surface area contributed by atoms with E-state index in [2.05, 4.69) is 10.6 Å². The molecule has 3 amide bonds. The largest absolute Gasteiger partial charge is 0.347 e. The molecule has 0 unspecified atom stereocenters. The number of benzene rings is 1. The number of carbonyl (C=O) groups is 3. The van der Waals surface area contributed by atoms with Crippen LogP contribution in [-0.4, -0.2) is 61.7 Å². The average Bonchev–Trinajstić information content (AvgIpc) is 3.18. The van der Waals surface area contributed by atoms with E-state index in [9.17, 15) is 22.8 Å². The molecule has 2 N–H and O–H groups in total. The van der Waals surface area contributed by atoms with E-state index in [0.717, 1.165) is 16.8 Å². The number of anilines is 1. The quantitative estimate of drug-likeness (QED) is 0.733. The fraction of sp³-hybridized carbons (Fsp3) is 0.526. The summed E-state index contributed by atoms with van der Waals surface area (Å²) in [6.07, 6.45) is 0.460. The number of nitrogens with one attached hydrogen (secondary N) is 2. The van der Waals surface area contributed by atoms with Gasteiger partial charge in [0, 0.05) is 24.7 Å². The first-order chi connectivity index (χ1) is 13.2. The minimum Gasteiger partial charge on any atom is -0.347 e. The summed E-state index contributed by atoms with van der Waals surface area (Å²) in [4.78, 5) is 38.3. The number of sulfone groups is 1. The molecule has 2 fully saturated rings. The maximum atomic E-state index is 12.4. The summed E-state index contributed by atoms with van der Waals surface area (Å²) in [7, 11) is -3.10. The van der Waals surface area contributed by atoms with Crippen molar-refractivity contribution >= 4 is 33.2 Å². The number of hydrogen-bond acceptors (Lipinski definition) is 5. The Hall–Kier alpha value is -2.42. The van der Waals surface area contributed by atoms with Crippen LogP contribution in [0.15, 0.2) is 18.2 Å². The zero-order valence-electron chi connectivity index (χ0n) is 16.0. The van der Waals surface area contributed by atoms with Crippen molar-refractivity contribution in [3.8, 4) is 0 Å². The van der Waals surface area contributed by atoms with Crippen LogP contribution in [0.1, 0.15) is 24.0 Å². The van der Waals surface area contributed by atoms with E-state index < -0.39 is 15.8 Å². The highest BCUT2D eigenvalue weighted by Crippen LogP contribution is 2.26. The van der Waals surface area contributed by atoms with E-state index in [1.807, 2.05) is 32.0 Å². The number of nitrogens with zero attached hydrogens (tertiary/aromatic N) is 1. The summed E-state index contributed by atoms with van der Waals surface area (Å²) in [6.45, 7) is 3.80. The Morgan fingerprint density at radius 3 is 2.50 bits per heavy atom. The summed E-state index contributed by atoms with van der Waals surface area (Å²) in [6, 6.07) is 5.34. The minimum absolute atomic E-state index is 0.0364. The second kappa shape index (κ2) is 7.90. The highest BCUT2D eigenvalue weighted by atomic mass is 32.2. The highest BCUT2D eigenvalue weighted by Gasteiger charge is 2.41. The van der Waals surface area contributed by atoms with E-state index in [1.165, 1.54) is 4.90 Å². The molecule has 1 aromatic carbocycles. The first-order valence-corrected chi connectivity index (χ1v) is 11.1. The lowest BCUT2D eigenvalue weighted by atomic mass is 10.1. The van der Waals surface area contributed by atoms with Crippen LogP contribution in [0.3, 0.4) is 0 Å². The summed E-state index contributed by atoms with van der Waals surface area (Å²) in [5, 5.41) is 5.38. The Kier molecular flexibility index (Phi) is 5.74. The van der Waals surface area contributed by atoms with Crippen LogP contribution in [0.4, 0.5) is 5.69 Å². The lowest BCUT2D eigenvalue weighted by Gasteiger charge is -2.22. The lowest BCUT2D eigenvalue weighted by molar-refractivity contribution is -0.130. The summed E-state index contributed by atoms with van der Waals surface area (Å²) >= 11 is 0. The first-order valence-electron chi connectivity index (χ1n) is 9.30. The van der Waals surface area contributed by atoms with Gasteiger partial charge in [0.25, 0.3) is 0 Å². The van der Waals surface area contributed by atoms with Gasteiger partial charge in [-0.3, -0.25) is 14.4 Å².